The van der Waals surface area contributed by atoms with Gasteiger partial charge in [0.2, 0.25) is 0 Å². The van der Waals surface area contributed by atoms with Crippen LogP contribution in [0.5, 0.6) is 5.75 Å². The molecular formula is C16H16ClNO5. The number of nitrogens with one attached hydrogen (secondary N) is 1. The van der Waals surface area contributed by atoms with Gasteiger partial charge in [-0.2, -0.15) is 0 Å². The lowest BCUT2D eigenvalue weighted by Crippen LogP contribution is -2.22. The van der Waals surface area contributed by atoms with Crippen LogP contribution in [-0.2, 0) is 13.0 Å². The van der Waals surface area contributed by atoms with E-state index in [4.69, 9.17) is 25.9 Å². The third-order valence-electron chi connectivity index (χ3n) is 3.27. The van der Waals surface area contributed by atoms with E-state index in [-0.39, 0.29) is 23.6 Å². The third-order valence-corrected chi connectivity index (χ3v) is 3.50. The zero-order valence-corrected chi connectivity index (χ0v) is 13.4. The van der Waals surface area contributed by atoms with Gasteiger partial charge in [0.05, 0.1) is 7.11 Å². The van der Waals surface area contributed by atoms with E-state index in [0.717, 1.165) is 0 Å². The summed E-state index contributed by atoms with van der Waals surface area (Å²) in [6, 6.07) is 6.30. The highest BCUT2D eigenvalue weighted by Gasteiger charge is 2.20. The van der Waals surface area contributed by atoms with Gasteiger partial charge in [-0.1, -0.05) is 18.5 Å². The fraction of sp³-hybridized carbons (Fsp3) is 0.250. The zero-order valence-electron chi connectivity index (χ0n) is 12.7. The van der Waals surface area contributed by atoms with Gasteiger partial charge < -0.3 is 19.6 Å². The molecule has 1 heterocycles. The van der Waals surface area contributed by atoms with Crippen molar-refractivity contribution in [3.05, 3.63) is 51.9 Å². The lowest BCUT2D eigenvalue weighted by molar-refractivity contribution is 0.0694. The first kappa shape index (κ1) is 16.9. The summed E-state index contributed by atoms with van der Waals surface area (Å²) in [6.45, 7) is 1.93. The molecule has 0 spiro atoms. The maximum absolute atomic E-state index is 12.1. The molecule has 0 saturated carbocycles. The first-order valence-electron chi connectivity index (χ1n) is 6.92. The van der Waals surface area contributed by atoms with Crippen LogP contribution in [0.25, 0.3) is 0 Å². The Kier molecular flexibility index (Phi) is 5.28. The number of ether oxygens (including phenoxy) is 1. The molecule has 6 nitrogen and oxygen atoms in total. The van der Waals surface area contributed by atoms with E-state index < -0.39 is 11.9 Å². The van der Waals surface area contributed by atoms with E-state index in [1.54, 1.807) is 25.1 Å². The fourth-order valence-electron chi connectivity index (χ4n) is 2.13. The van der Waals surface area contributed by atoms with Crippen molar-refractivity contribution in [2.75, 3.05) is 7.11 Å². The zero-order chi connectivity index (χ0) is 17.0. The van der Waals surface area contributed by atoms with E-state index in [1.165, 1.54) is 13.2 Å². The molecule has 2 rings (SSSR count). The van der Waals surface area contributed by atoms with Gasteiger partial charge in [-0.15, -0.1) is 0 Å². The highest BCUT2D eigenvalue weighted by molar-refractivity contribution is 6.30. The second-order valence-electron chi connectivity index (χ2n) is 4.75. The molecule has 1 amide bonds. The minimum absolute atomic E-state index is 0.00186. The molecule has 0 saturated heterocycles. The Morgan fingerprint density at radius 3 is 2.65 bits per heavy atom. The van der Waals surface area contributed by atoms with Gasteiger partial charge in [0.25, 0.3) is 5.91 Å². The summed E-state index contributed by atoms with van der Waals surface area (Å²) < 4.78 is 10.5. The van der Waals surface area contributed by atoms with Crippen LogP contribution in [0.2, 0.25) is 5.02 Å². The molecule has 2 aromatic rings. The molecule has 0 aliphatic carbocycles. The summed E-state index contributed by atoms with van der Waals surface area (Å²) in [7, 11) is 1.52. The number of aromatic carboxylic acids is 1. The highest BCUT2D eigenvalue weighted by Crippen LogP contribution is 2.23. The van der Waals surface area contributed by atoms with Crippen molar-refractivity contribution >= 4 is 23.5 Å². The Morgan fingerprint density at radius 2 is 2.09 bits per heavy atom. The maximum atomic E-state index is 12.1. The number of carbonyl (C=O) groups is 2. The predicted molar refractivity (Wildman–Crippen MR) is 84.2 cm³/mol. The summed E-state index contributed by atoms with van der Waals surface area (Å²) >= 11 is 5.93. The number of carbonyl (C=O) groups excluding carboxylic acids is 1. The Labute approximate surface area is 138 Å². The van der Waals surface area contributed by atoms with E-state index in [9.17, 15) is 9.59 Å². The number of benzene rings is 1. The van der Waals surface area contributed by atoms with Crippen LogP contribution in [0.3, 0.4) is 0 Å². The topological polar surface area (TPSA) is 88.8 Å². The second kappa shape index (κ2) is 7.19. The van der Waals surface area contributed by atoms with Crippen molar-refractivity contribution in [3.8, 4) is 5.75 Å². The lowest BCUT2D eigenvalue weighted by atomic mass is 10.2. The first-order chi connectivity index (χ1) is 11.0. The van der Waals surface area contributed by atoms with Gasteiger partial charge in [-0.25, -0.2) is 4.79 Å². The van der Waals surface area contributed by atoms with Crippen LogP contribution in [0.1, 0.15) is 39.2 Å². The quantitative estimate of drug-likeness (QED) is 0.845. The number of hydrogen-bond acceptors (Lipinski definition) is 4. The van der Waals surface area contributed by atoms with Crippen LogP contribution < -0.4 is 10.1 Å². The molecule has 0 bridgehead atoms. The van der Waals surface area contributed by atoms with Crippen LogP contribution in [-0.4, -0.2) is 24.1 Å². The molecule has 2 N–H and O–H groups in total. The Morgan fingerprint density at radius 1 is 1.35 bits per heavy atom. The molecule has 7 heteroatoms. The number of aryl methyl sites for hydroxylation is 1. The highest BCUT2D eigenvalue weighted by atomic mass is 35.5. The average molecular weight is 338 g/mol. The number of amides is 1. The molecule has 0 aliphatic heterocycles. The molecule has 0 fully saturated rings. The van der Waals surface area contributed by atoms with Crippen molar-refractivity contribution in [2.24, 2.45) is 0 Å². The number of rotatable bonds is 6. The van der Waals surface area contributed by atoms with E-state index in [2.05, 4.69) is 5.32 Å². The van der Waals surface area contributed by atoms with E-state index in [1.807, 2.05) is 0 Å². The van der Waals surface area contributed by atoms with Crippen molar-refractivity contribution < 1.29 is 23.8 Å². The maximum Gasteiger partial charge on any atom is 0.339 e. The molecule has 0 radical (unpaired) electrons. The normalized spacial score (nSPS) is 10.4. The molecule has 1 aromatic carbocycles. The lowest BCUT2D eigenvalue weighted by Gasteiger charge is -2.09. The van der Waals surface area contributed by atoms with E-state index in [0.29, 0.717) is 22.8 Å². The predicted octanol–water partition coefficient (Wildman–Crippen LogP) is 3.13. The fourth-order valence-corrected chi connectivity index (χ4v) is 2.33. The number of hydrogen-bond donors (Lipinski definition) is 2. The second-order valence-corrected chi connectivity index (χ2v) is 5.18. The third kappa shape index (κ3) is 3.84. The smallest absolute Gasteiger partial charge is 0.339 e. The number of furan rings is 1. The Balaban J connectivity index is 2.14. The number of halogens is 1. The summed E-state index contributed by atoms with van der Waals surface area (Å²) in [4.78, 5) is 23.2. The molecule has 122 valence electrons. The van der Waals surface area contributed by atoms with Crippen LogP contribution in [0.4, 0.5) is 0 Å². The van der Waals surface area contributed by atoms with Gasteiger partial charge in [0, 0.05) is 29.6 Å². The molecule has 0 aliphatic rings. The van der Waals surface area contributed by atoms with Gasteiger partial charge in [-0.05, 0) is 18.2 Å². The van der Waals surface area contributed by atoms with Gasteiger partial charge in [-0.3, -0.25) is 4.79 Å². The molecule has 1 aromatic heterocycles. The SMILES string of the molecule is CCc1oc(C(=O)NCc2cc(Cl)ccc2OC)cc1C(=O)O. The number of carboxylic acids is 1. The van der Waals surface area contributed by atoms with Crippen LogP contribution in [0.15, 0.2) is 28.7 Å². The largest absolute Gasteiger partial charge is 0.496 e. The first-order valence-corrected chi connectivity index (χ1v) is 7.30. The minimum Gasteiger partial charge on any atom is -0.496 e. The van der Waals surface area contributed by atoms with Gasteiger partial charge in [0.1, 0.15) is 17.1 Å². The standard InChI is InChI=1S/C16H16ClNO5/c1-3-12-11(16(20)21)7-14(23-12)15(19)18-8-9-6-10(17)4-5-13(9)22-2/h4-7H,3,8H2,1-2H3,(H,18,19)(H,20,21). The average Bonchev–Trinajstić information content (AvgIpc) is 2.97. The van der Waals surface area contributed by atoms with Crippen LogP contribution >= 0.6 is 11.6 Å². The summed E-state index contributed by atoms with van der Waals surface area (Å²) in [5.74, 6) is -0.812. The summed E-state index contributed by atoms with van der Waals surface area (Å²) in [5.41, 5.74) is 0.701. The monoisotopic (exact) mass is 337 g/mol. The number of carboxylic acid groups (broad SMARTS) is 1. The summed E-state index contributed by atoms with van der Waals surface area (Å²) in [6.07, 6.45) is 0.386. The molecule has 23 heavy (non-hydrogen) atoms. The minimum atomic E-state index is -1.12. The summed E-state index contributed by atoms with van der Waals surface area (Å²) in [5, 5.41) is 12.3. The van der Waals surface area contributed by atoms with Crippen molar-refractivity contribution in [1.29, 1.82) is 0 Å². The van der Waals surface area contributed by atoms with Crippen molar-refractivity contribution in [3.63, 3.8) is 0 Å². The van der Waals surface area contributed by atoms with Gasteiger partial charge in [0.15, 0.2) is 5.76 Å². The Bertz CT molecular complexity index is 738. The molecular weight excluding hydrogens is 322 g/mol. The van der Waals surface area contributed by atoms with Crippen molar-refractivity contribution in [2.45, 2.75) is 19.9 Å². The molecule has 0 atom stereocenters. The number of methoxy groups -OCH3 is 1. The van der Waals surface area contributed by atoms with Crippen LogP contribution in [0, 0.1) is 0 Å². The van der Waals surface area contributed by atoms with Gasteiger partial charge >= 0.3 is 5.97 Å². The van der Waals surface area contributed by atoms with E-state index >= 15 is 0 Å². The molecule has 0 unspecified atom stereocenters. The van der Waals surface area contributed by atoms with Crippen molar-refractivity contribution in [1.82, 2.24) is 5.32 Å². The Hall–Kier alpha value is -2.47.